The van der Waals surface area contributed by atoms with Crippen LogP contribution in [0.2, 0.25) is 0 Å². The second-order valence-electron chi connectivity index (χ2n) is 5.35. The lowest BCUT2D eigenvalue weighted by atomic mass is 10.2. The Labute approximate surface area is 135 Å². The van der Waals surface area contributed by atoms with E-state index in [4.69, 9.17) is 4.74 Å². The van der Waals surface area contributed by atoms with Crippen LogP contribution in [-0.4, -0.2) is 23.5 Å². The van der Waals surface area contributed by atoms with Crippen molar-refractivity contribution in [2.75, 3.05) is 0 Å². The number of benzene rings is 1. The van der Waals surface area contributed by atoms with Crippen molar-refractivity contribution in [3.8, 4) is 0 Å². The first-order valence-corrected chi connectivity index (χ1v) is 7.67. The topological polar surface area (TPSA) is 55.4 Å². The van der Waals surface area contributed by atoms with Gasteiger partial charge in [-0.15, -0.1) is 0 Å². The van der Waals surface area contributed by atoms with Gasteiger partial charge < -0.3 is 10.1 Å². The summed E-state index contributed by atoms with van der Waals surface area (Å²) in [6.45, 7) is 6.94. The number of amides is 1. The Balaban J connectivity index is 2.75. The van der Waals surface area contributed by atoms with Gasteiger partial charge in [0.1, 0.15) is 11.6 Å². The highest BCUT2D eigenvalue weighted by molar-refractivity contribution is 9.11. The van der Waals surface area contributed by atoms with E-state index < -0.39 is 17.6 Å². The fraction of sp³-hybridized carbons (Fsp3) is 0.429. The molecule has 0 aliphatic heterocycles. The van der Waals surface area contributed by atoms with Crippen LogP contribution in [0.15, 0.2) is 27.1 Å². The molecule has 1 N–H and O–H groups in total. The summed E-state index contributed by atoms with van der Waals surface area (Å²) in [6, 6.07) is 4.55. The number of esters is 1. The van der Waals surface area contributed by atoms with Gasteiger partial charge in [0.25, 0.3) is 5.91 Å². The van der Waals surface area contributed by atoms with Crippen LogP contribution >= 0.6 is 31.9 Å². The van der Waals surface area contributed by atoms with Crippen molar-refractivity contribution in [2.45, 2.75) is 39.3 Å². The predicted octanol–water partition coefficient (Wildman–Crippen LogP) is 3.67. The maximum Gasteiger partial charge on any atom is 0.328 e. The van der Waals surface area contributed by atoms with Gasteiger partial charge in [-0.2, -0.15) is 0 Å². The molecule has 0 saturated carbocycles. The molecule has 0 aliphatic carbocycles. The van der Waals surface area contributed by atoms with Crippen LogP contribution in [0.25, 0.3) is 0 Å². The van der Waals surface area contributed by atoms with Gasteiger partial charge in [0.2, 0.25) is 0 Å². The van der Waals surface area contributed by atoms with Crippen molar-refractivity contribution >= 4 is 43.7 Å². The molecule has 0 heterocycles. The lowest BCUT2D eigenvalue weighted by molar-refractivity contribution is -0.156. The van der Waals surface area contributed by atoms with E-state index in [0.29, 0.717) is 10.0 Å². The second kappa shape index (κ2) is 6.72. The summed E-state index contributed by atoms with van der Waals surface area (Å²) in [6.07, 6.45) is 0. The number of hydrogen-bond acceptors (Lipinski definition) is 3. The minimum atomic E-state index is -0.715. The third kappa shape index (κ3) is 5.25. The maximum absolute atomic E-state index is 12.1. The monoisotopic (exact) mass is 405 g/mol. The molecular formula is C14H17Br2NO3. The smallest absolute Gasteiger partial charge is 0.328 e. The van der Waals surface area contributed by atoms with E-state index in [1.54, 1.807) is 39.8 Å². The molecule has 1 aromatic carbocycles. The fourth-order valence-electron chi connectivity index (χ4n) is 1.39. The predicted molar refractivity (Wildman–Crippen MR) is 84.6 cm³/mol. The summed E-state index contributed by atoms with van der Waals surface area (Å²) >= 11 is 6.62. The normalized spacial score (nSPS) is 12.7. The van der Waals surface area contributed by atoms with Crippen molar-refractivity contribution in [1.82, 2.24) is 5.32 Å². The van der Waals surface area contributed by atoms with Gasteiger partial charge in [-0.25, -0.2) is 4.79 Å². The first kappa shape index (κ1) is 17.2. The zero-order chi connectivity index (χ0) is 15.5. The highest BCUT2D eigenvalue weighted by Crippen LogP contribution is 2.21. The summed E-state index contributed by atoms with van der Waals surface area (Å²) in [5.74, 6) is -0.798. The molecule has 6 heteroatoms. The van der Waals surface area contributed by atoms with Crippen molar-refractivity contribution < 1.29 is 14.3 Å². The zero-order valence-electron chi connectivity index (χ0n) is 11.8. The third-order valence-electron chi connectivity index (χ3n) is 2.28. The Morgan fingerprint density at radius 1 is 1.25 bits per heavy atom. The number of rotatable bonds is 3. The molecule has 1 rings (SSSR count). The average molecular weight is 407 g/mol. The van der Waals surface area contributed by atoms with Crippen molar-refractivity contribution in [2.24, 2.45) is 0 Å². The third-order valence-corrected chi connectivity index (χ3v) is 3.47. The highest BCUT2D eigenvalue weighted by atomic mass is 79.9. The first-order chi connectivity index (χ1) is 9.10. The molecule has 0 unspecified atom stereocenters. The van der Waals surface area contributed by atoms with Gasteiger partial charge in [0.05, 0.1) is 5.56 Å². The van der Waals surface area contributed by atoms with Crippen molar-refractivity contribution in [1.29, 1.82) is 0 Å². The molecule has 20 heavy (non-hydrogen) atoms. The van der Waals surface area contributed by atoms with Crippen LogP contribution in [-0.2, 0) is 9.53 Å². The molecule has 0 aliphatic rings. The number of ether oxygens (including phenoxy) is 1. The Morgan fingerprint density at radius 3 is 2.40 bits per heavy atom. The lowest BCUT2D eigenvalue weighted by Crippen LogP contribution is -2.42. The Hall–Kier alpha value is -0.880. The van der Waals surface area contributed by atoms with Gasteiger partial charge in [-0.05, 0) is 61.8 Å². The quantitative estimate of drug-likeness (QED) is 0.779. The number of hydrogen-bond donors (Lipinski definition) is 1. The maximum atomic E-state index is 12.1. The van der Waals surface area contributed by atoms with Crippen LogP contribution < -0.4 is 5.32 Å². The zero-order valence-corrected chi connectivity index (χ0v) is 15.0. The minimum Gasteiger partial charge on any atom is -0.458 e. The average Bonchev–Trinajstić information content (AvgIpc) is 2.29. The van der Waals surface area contributed by atoms with Gasteiger partial charge in [0.15, 0.2) is 0 Å². The van der Waals surface area contributed by atoms with Gasteiger partial charge >= 0.3 is 5.97 Å². The molecule has 0 spiro atoms. The standard InChI is InChI=1S/C14H17Br2NO3/c1-8(13(19)20-14(2,3)4)17-12(18)10-7-9(15)5-6-11(10)16/h5-8H,1-4H3,(H,17,18)/t8-/m0/s1. The van der Waals surface area contributed by atoms with Crippen LogP contribution in [0.3, 0.4) is 0 Å². The fourth-order valence-corrected chi connectivity index (χ4v) is 2.18. The summed E-state index contributed by atoms with van der Waals surface area (Å²) in [4.78, 5) is 23.9. The van der Waals surface area contributed by atoms with Gasteiger partial charge in [0, 0.05) is 8.95 Å². The van der Waals surface area contributed by atoms with Crippen LogP contribution in [0.1, 0.15) is 38.1 Å². The van der Waals surface area contributed by atoms with E-state index in [1.165, 1.54) is 0 Å². The molecule has 0 aromatic heterocycles. The second-order valence-corrected chi connectivity index (χ2v) is 7.12. The van der Waals surface area contributed by atoms with Crippen molar-refractivity contribution in [3.63, 3.8) is 0 Å². The van der Waals surface area contributed by atoms with E-state index >= 15 is 0 Å². The van der Waals surface area contributed by atoms with E-state index in [-0.39, 0.29) is 5.91 Å². The lowest BCUT2D eigenvalue weighted by Gasteiger charge is -2.22. The molecule has 4 nitrogen and oxygen atoms in total. The Kier molecular flexibility index (Phi) is 5.77. The summed E-state index contributed by atoms with van der Waals surface area (Å²) in [5, 5.41) is 2.62. The van der Waals surface area contributed by atoms with E-state index in [1.807, 2.05) is 6.07 Å². The number of carbonyl (C=O) groups excluding carboxylic acids is 2. The largest absolute Gasteiger partial charge is 0.458 e. The van der Waals surface area contributed by atoms with E-state index in [2.05, 4.69) is 37.2 Å². The minimum absolute atomic E-state index is 0.337. The van der Waals surface area contributed by atoms with E-state index in [9.17, 15) is 9.59 Å². The molecule has 1 atom stereocenters. The van der Waals surface area contributed by atoms with Crippen LogP contribution in [0.5, 0.6) is 0 Å². The highest BCUT2D eigenvalue weighted by Gasteiger charge is 2.24. The summed E-state index contributed by atoms with van der Waals surface area (Å²) in [5.41, 5.74) is -0.123. The Bertz CT molecular complexity index is 524. The molecule has 110 valence electrons. The van der Waals surface area contributed by atoms with Crippen LogP contribution in [0, 0.1) is 0 Å². The molecule has 1 aromatic rings. The molecule has 0 saturated heterocycles. The molecule has 0 fully saturated rings. The summed E-state index contributed by atoms with van der Waals surface area (Å²) < 4.78 is 6.66. The van der Waals surface area contributed by atoms with Gasteiger partial charge in [-0.3, -0.25) is 4.79 Å². The first-order valence-electron chi connectivity index (χ1n) is 6.09. The van der Waals surface area contributed by atoms with Gasteiger partial charge in [-0.1, -0.05) is 15.9 Å². The number of halogens is 2. The SMILES string of the molecule is C[C@H](NC(=O)c1cc(Br)ccc1Br)C(=O)OC(C)(C)C. The number of nitrogens with one attached hydrogen (secondary N) is 1. The number of carbonyl (C=O) groups is 2. The summed E-state index contributed by atoms with van der Waals surface area (Å²) in [7, 11) is 0. The van der Waals surface area contributed by atoms with E-state index in [0.717, 1.165) is 4.47 Å². The molecular weight excluding hydrogens is 390 g/mol. The molecule has 1 amide bonds. The molecule has 0 radical (unpaired) electrons. The van der Waals surface area contributed by atoms with Crippen LogP contribution in [0.4, 0.5) is 0 Å². The van der Waals surface area contributed by atoms with Crippen molar-refractivity contribution in [3.05, 3.63) is 32.7 Å². The Morgan fingerprint density at radius 2 is 1.85 bits per heavy atom. The molecule has 0 bridgehead atoms.